The van der Waals surface area contributed by atoms with E-state index in [9.17, 15) is 4.79 Å². The first-order valence-corrected chi connectivity index (χ1v) is 12.8. The van der Waals surface area contributed by atoms with Crippen molar-refractivity contribution in [1.29, 1.82) is 0 Å². The Morgan fingerprint density at radius 3 is 2.03 bits per heavy atom. The SMILES string of the molecule is C/C=C(\C)C(=O)OCc1cc(-c2ccc(CCCCC)cc2)ccc1-c1ccc(CCCO)cc1. The summed E-state index contributed by atoms with van der Waals surface area (Å²) < 4.78 is 5.65. The minimum atomic E-state index is -0.292. The lowest BCUT2D eigenvalue weighted by Crippen LogP contribution is -2.06. The summed E-state index contributed by atoms with van der Waals surface area (Å²) in [7, 11) is 0. The van der Waals surface area contributed by atoms with Gasteiger partial charge in [-0.1, -0.05) is 86.5 Å². The number of ether oxygens (including phenoxy) is 1. The van der Waals surface area contributed by atoms with Crippen LogP contribution in [0, 0.1) is 0 Å². The number of hydrogen-bond acceptors (Lipinski definition) is 3. The van der Waals surface area contributed by atoms with Crippen LogP contribution >= 0.6 is 0 Å². The van der Waals surface area contributed by atoms with Gasteiger partial charge in [-0.05, 0) is 84.5 Å². The van der Waals surface area contributed by atoms with E-state index in [2.05, 4.69) is 73.7 Å². The quantitative estimate of drug-likeness (QED) is 0.168. The van der Waals surface area contributed by atoms with Crippen molar-refractivity contribution in [2.24, 2.45) is 0 Å². The standard InChI is InChI=1S/C32H38O3/c1-4-6-7-9-25-11-15-27(16-12-25)29-19-20-31(28-17-13-26(14-18-28)10-8-21-33)30(22-29)23-35-32(34)24(3)5-2/h5,11-20,22,33H,4,6-10,21,23H2,1-3H3/b24-5+. The summed E-state index contributed by atoms with van der Waals surface area (Å²) in [6, 6.07) is 23.6. The molecule has 0 spiro atoms. The molecule has 3 aromatic carbocycles. The number of rotatable bonds is 12. The Labute approximate surface area is 210 Å². The Balaban J connectivity index is 1.88. The van der Waals surface area contributed by atoms with E-state index in [-0.39, 0.29) is 19.2 Å². The van der Waals surface area contributed by atoms with Gasteiger partial charge in [-0.2, -0.15) is 0 Å². The third kappa shape index (κ3) is 7.66. The lowest BCUT2D eigenvalue weighted by molar-refractivity contribution is -0.140. The number of esters is 1. The lowest BCUT2D eigenvalue weighted by atomic mass is 9.94. The summed E-state index contributed by atoms with van der Waals surface area (Å²) in [4.78, 5) is 12.3. The number of carbonyl (C=O) groups excluding carboxylic acids is 1. The van der Waals surface area contributed by atoms with Gasteiger partial charge in [0.1, 0.15) is 6.61 Å². The molecule has 0 fully saturated rings. The van der Waals surface area contributed by atoms with Gasteiger partial charge < -0.3 is 9.84 Å². The Morgan fingerprint density at radius 2 is 1.43 bits per heavy atom. The fourth-order valence-electron chi connectivity index (χ4n) is 4.13. The maximum Gasteiger partial charge on any atom is 0.333 e. The van der Waals surface area contributed by atoms with Crippen LogP contribution in [0.3, 0.4) is 0 Å². The molecule has 184 valence electrons. The molecule has 3 heteroatoms. The van der Waals surface area contributed by atoms with Crippen molar-refractivity contribution in [2.45, 2.75) is 65.9 Å². The number of benzene rings is 3. The first kappa shape index (κ1) is 26.4. The highest BCUT2D eigenvalue weighted by atomic mass is 16.5. The fourth-order valence-corrected chi connectivity index (χ4v) is 4.13. The summed E-state index contributed by atoms with van der Waals surface area (Å²) >= 11 is 0. The molecule has 0 aliphatic carbocycles. The maximum atomic E-state index is 12.3. The molecule has 0 bridgehead atoms. The molecule has 0 saturated carbocycles. The van der Waals surface area contributed by atoms with Gasteiger partial charge in [-0.15, -0.1) is 0 Å². The van der Waals surface area contributed by atoms with Gasteiger partial charge in [-0.3, -0.25) is 0 Å². The molecule has 3 rings (SSSR count). The zero-order valence-corrected chi connectivity index (χ0v) is 21.3. The highest BCUT2D eigenvalue weighted by Crippen LogP contribution is 2.30. The van der Waals surface area contributed by atoms with E-state index in [1.54, 1.807) is 13.0 Å². The molecule has 0 amide bonds. The molecule has 0 saturated heterocycles. The van der Waals surface area contributed by atoms with Crippen LogP contribution in [0.2, 0.25) is 0 Å². The van der Waals surface area contributed by atoms with Crippen LogP contribution in [-0.2, 0) is 29.0 Å². The first-order chi connectivity index (χ1) is 17.0. The average Bonchev–Trinajstić information content (AvgIpc) is 2.90. The molecule has 0 atom stereocenters. The molecule has 0 aliphatic rings. The van der Waals surface area contributed by atoms with E-state index in [0.29, 0.717) is 5.57 Å². The molecule has 0 aromatic heterocycles. The number of hydrogen-bond donors (Lipinski definition) is 1. The monoisotopic (exact) mass is 470 g/mol. The van der Waals surface area contributed by atoms with Crippen molar-refractivity contribution >= 4 is 5.97 Å². The predicted octanol–water partition coefficient (Wildman–Crippen LogP) is 7.69. The molecule has 0 heterocycles. The number of unbranched alkanes of at least 4 members (excludes halogenated alkanes) is 2. The summed E-state index contributed by atoms with van der Waals surface area (Å²) in [5, 5.41) is 9.10. The van der Waals surface area contributed by atoms with Gasteiger partial charge in [0.25, 0.3) is 0 Å². The maximum absolute atomic E-state index is 12.3. The predicted molar refractivity (Wildman–Crippen MR) is 145 cm³/mol. The molecule has 3 aromatic rings. The van der Waals surface area contributed by atoms with Gasteiger partial charge >= 0.3 is 5.97 Å². The van der Waals surface area contributed by atoms with Crippen LogP contribution in [-0.4, -0.2) is 17.7 Å². The summed E-state index contributed by atoms with van der Waals surface area (Å²) in [5.74, 6) is -0.292. The molecule has 1 N–H and O–H groups in total. The molecule has 0 radical (unpaired) electrons. The highest BCUT2D eigenvalue weighted by molar-refractivity contribution is 5.87. The Kier molecular flexibility index (Phi) is 10.3. The van der Waals surface area contributed by atoms with Gasteiger partial charge in [-0.25, -0.2) is 4.79 Å². The van der Waals surface area contributed by atoms with E-state index in [1.165, 1.54) is 30.4 Å². The number of allylic oxidation sites excluding steroid dienone is 1. The summed E-state index contributed by atoms with van der Waals surface area (Å²) in [6.45, 7) is 6.26. The van der Waals surface area contributed by atoms with Crippen LogP contribution in [0.1, 0.15) is 63.1 Å². The smallest absolute Gasteiger partial charge is 0.333 e. The Morgan fingerprint density at radius 1 is 0.829 bits per heavy atom. The van der Waals surface area contributed by atoms with Gasteiger partial charge in [0, 0.05) is 12.2 Å². The van der Waals surface area contributed by atoms with Crippen molar-refractivity contribution in [1.82, 2.24) is 0 Å². The topological polar surface area (TPSA) is 46.5 Å². The normalized spacial score (nSPS) is 11.5. The number of aliphatic hydroxyl groups is 1. The first-order valence-electron chi connectivity index (χ1n) is 12.8. The second-order valence-corrected chi connectivity index (χ2v) is 9.10. The van der Waals surface area contributed by atoms with Crippen molar-refractivity contribution in [3.63, 3.8) is 0 Å². The molecular weight excluding hydrogens is 432 g/mol. The van der Waals surface area contributed by atoms with Crippen LogP contribution < -0.4 is 0 Å². The highest BCUT2D eigenvalue weighted by Gasteiger charge is 2.12. The zero-order valence-electron chi connectivity index (χ0n) is 21.3. The van der Waals surface area contributed by atoms with E-state index < -0.39 is 0 Å². The second kappa shape index (κ2) is 13.7. The van der Waals surface area contributed by atoms with Gasteiger partial charge in [0.05, 0.1) is 0 Å². The lowest BCUT2D eigenvalue weighted by Gasteiger charge is -2.14. The third-order valence-corrected chi connectivity index (χ3v) is 6.46. The van der Waals surface area contributed by atoms with Crippen molar-refractivity contribution in [3.8, 4) is 22.3 Å². The largest absolute Gasteiger partial charge is 0.457 e. The zero-order chi connectivity index (χ0) is 25.0. The molecule has 0 unspecified atom stereocenters. The van der Waals surface area contributed by atoms with Gasteiger partial charge in [0.2, 0.25) is 0 Å². The van der Waals surface area contributed by atoms with Gasteiger partial charge in [0.15, 0.2) is 0 Å². The minimum absolute atomic E-state index is 0.198. The van der Waals surface area contributed by atoms with Crippen molar-refractivity contribution in [3.05, 3.63) is 95.1 Å². The Hall–Kier alpha value is -3.17. The van der Waals surface area contributed by atoms with E-state index in [0.717, 1.165) is 47.1 Å². The number of aryl methyl sites for hydroxylation is 2. The molecule has 35 heavy (non-hydrogen) atoms. The minimum Gasteiger partial charge on any atom is -0.457 e. The number of aliphatic hydroxyl groups excluding tert-OH is 1. The van der Waals surface area contributed by atoms with E-state index >= 15 is 0 Å². The van der Waals surface area contributed by atoms with Crippen LogP contribution in [0.5, 0.6) is 0 Å². The van der Waals surface area contributed by atoms with Crippen molar-refractivity contribution in [2.75, 3.05) is 6.61 Å². The third-order valence-electron chi connectivity index (χ3n) is 6.46. The van der Waals surface area contributed by atoms with E-state index in [1.807, 2.05) is 6.92 Å². The van der Waals surface area contributed by atoms with Crippen LogP contribution in [0.25, 0.3) is 22.3 Å². The van der Waals surface area contributed by atoms with E-state index in [4.69, 9.17) is 9.84 Å². The summed E-state index contributed by atoms with van der Waals surface area (Å²) in [6.07, 6.45) is 8.23. The van der Waals surface area contributed by atoms with Crippen LogP contribution in [0.4, 0.5) is 0 Å². The second-order valence-electron chi connectivity index (χ2n) is 9.10. The number of carbonyl (C=O) groups is 1. The fraction of sp³-hybridized carbons (Fsp3) is 0.344. The summed E-state index contributed by atoms with van der Waals surface area (Å²) in [5.41, 5.74) is 8.58. The Bertz CT molecular complexity index is 1110. The molecule has 0 aliphatic heterocycles. The average molecular weight is 471 g/mol. The van der Waals surface area contributed by atoms with Crippen molar-refractivity contribution < 1.29 is 14.6 Å². The molecular formula is C32H38O3. The molecule has 3 nitrogen and oxygen atoms in total. The van der Waals surface area contributed by atoms with Crippen LogP contribution in [0.15, 0.2) is 78.4 Å².